The molecule has 1 unspecified atom stereocenters. The molecule has 0 fully saturated rings. The highest BCUT2D eigenvalue weighted by Crippen LogP contribution is 2.21. The van der Waals surface area contributed by atoms with Crippen LogP contribution in [0.25, 0.3) is 0 Å². The first-order chi connectivity index (χ1) is 9.65. The maximum atomic E-state index is 10.7. The largest absolute Gasteiger partial charge is 0.476 e. The number of rotatable bonds is 4. The Morgan fingerprint density at radius 3 is 3.10 bits per heavy atom. The number of aromatic nitrogens is 4. The Balaban J connectivity index is 1.77. The maximum absolute atomic E-state index is 10.7. The van der Waals surface area contributed by atoms with E-state index in [0.717, 1.165) is 43.7 Å². The lowest BCUT2D eigenvalue weighted by Gasteiger charge is -2.18. The van der Waals surface area contributed by atoms with Crippen molar-refractivity contribution in [3.63, 3.8) is 0 Å². The van der Waals surface area contributed by atoms with Gasteiger partial charge in [-0.2, -0.15) is 4.98 Å². The maximum Gasteiger partial charge on any atom is 0.357 e. The highest BCUT2D eigenvalue weighted by Gasteiger charge is 2.21. The lowest BCUT2D eigenvalue weighted by atomic mass is 10.1. The standard InChI is InChI=1S/C12H15N5O3/c1-7(13-12-14-8(6-20-12)11(18)19)10-16-15-9-4-2-3-5-17(9)10/h6-7H,2-5H2,1H3,(H,13,14)(H,18,19). The minimum Gasteiger partial charge on any atom is -0.476 e. The summed E-state index contributed by atoms with van der Waals surface area (Å²) in [7, 11) is 0. The van der Waals surface area contributed by atoms with Crippen LogP contribution in [-0.4, -0.2) is 30.8 Å². The molecule has 3 heterocycles. The molecule has 0 saturated carbocycles. The van der Waals surface area contributed by atoms with Crippen LogP contribution < -0.4 is 5.32 Å². The smallest absolute Gasteiger partial charge is 0.357 e. The zero-order valence-electron chi connectivity index (χ0n) is 11.0. The SMILES string of the molecule is CC(Nc1nc(C(=O)O)co1)c1nnc2n1CCCC2. The molecule has 1 aliphatic rings. The fourth-order valence-electron chi connectivity index (χ4n) is 2.34. The molecule has 2 aromatic heterocycles. The molecule has 0 radical (unpaired) electrons. The van der Waals surface area contributed by atoms with Gasteiger partial charge in [-0.05, 0) is 19.8 Å². The Bertz CT molecular complexity index is 633. The summed E-state index contributed by atoms with van der Waals surface area (Å²) in [6.45, 7) is 2.83. The number of hydrogen-bond acceptors (Lipinski definition) is 6. The average Bonchev–Trinajstić information content (AvgIpc) is 3.04. The van der Waals surface area contributed by atoms with E-state index in [2.05, 4.69) is 25.1 Å². The molecular formula is C12H15N5O3. The summed E-state index contributed by atoms with van der Waals surface area (Å²) in [5, 5.41) is 20.2. The van der Waals surface area contributed by atoms with E-state index in [1.807, 2.05) is 6.92 Å². The van der Waals surface area contributed by atoms with Crippen molar-refractivity contribution in [1.82, 2.24) is 19.7 Å². The van der Waals surface area contributed by atoms with Crippen LogP contribution >= 0.6 is 0 Å². The molecular weight excluding hydrogens is 262 g/mol. The Kier molecular flexibility index (Phi) is 3.13. The molecule has 106 valence electrons. The van der Waals surface area contributed by atoms with Crippen molar-refractivity contribution in [3.05, 3.63) is 23.6 Å². The van der Waals surface area contributed by atoms with Crippen LogP contribution in [0.15, 0.2) is 10.7 Å². The molecule has 8 nitrogen and oxygen atoms in total. The van der Waals surface area contributed by atoms with Crippen molar-refractivity contribution in [2.75, 3.05) is 5.32 Å². The van der Waals surface area contributed by atoms with Gasteiger partial charge >= 0.3 is 5.97 Å². The number of fused-ring (bicyclic) bond motifs is 1. The molecule has 0 saturated heterocycles. The zero-order chi connectivity index (χ0) is 14.1. The number of carboxylic acid groups (broad SMARTS) is 1. The predicted molar refractivity (Wildman–Crippen MR) is 68.5 cm³/mol. The highest BCUT2D eigenvalue weighted by atomic mass is 16.4. The van der Waals surface area contributed by atoms with Crippen LogP contribution in [0.2, 0.25) is 0 Å². The fraction of sp³-hybridized carbons (Fsp3) is 0.500. The molecule has 1 atom stereocenters. The van der Waals surface area contributed by atoms with Crippen LogP contribution in [0.1, 0.15) is 47.9 Å². The Morgan fingerprint density at radius 1 is 1.50 bits per heavy atom. The van der Waals surface area contributed by atoms with E-state index in [0.29, 0.717) is 0 Å². The third-order valence-corrected chi connectivity index (χ3v) is 3.34. The third kappa shape index (κ3) is 2.24. The van der Waals surface area contributed by atoms with Gasteiger partial charge in [0.15, 0.2) is 11.5 Å². The molecule has 0 aromatic carbocycles. The van der Waals surface area contributed by atoms with E-state index in [-0.39, 0.29) is 17.8 Å². The third-order valence-electron chi connectivity index (χ3n) is 3.34. The number of aryl methyl sites for hydroxylation is 1. The van der Waals surface area contributed by atoms with Crippen LogP contribution in [0.5, 0.6) is 0 Å². The molecule has 1 aliphatic heterocycles. The van der Waals surface area contributed by atoms with Crippen molar-refractivity contribution in [3.8, 4) is 0 Å². The van der Waals surface area contributed by atoms with E-state index in [1.54, 1.807) is 0 Å². The van der Waals surface area contributed by atoms with E-state index in [1.165, 1.54) is 0 Å². The number of oxazole rings is 1. The second-order valence-electron chi connectivity index (χ2n) is 4.79. The van der Waals surface area contributed by atoms with E-state index in [4.69, 9.17) is 9.52 Å². The highest BCUT2D eigenvalue weighted by molar-refractivity contribution is 5.85. The number of nitrogens with one attached hydrogen (secondary N) is 1. The summed E-state index contributed by atoms with van der Waals surface area (Å²) in [5.74, 6) is 0.697. The van der Waals surface area contributed by atoms with Gasteiger partial charge in [0.1, 0.15) is 12.1 Å². The predicted octanol–water partition coefficient (Wildman–Crippen LogP) is 1.47. The molecule has 0 spiro atoms. The van der Waals surface area contributed by atoms with Crippen molar-refractivity contribution >= 4 is 12.0 Å². The molecule has 8 heteroatoms. The van der Waals surface area contributed by atoms with E-state index >= 15 is 0 Å². The zero-order valence-corrected chi connectivity index (χ0v) is 11.0. The van der Waals surface area contributed by atoms with Gasteiger partial charge in [-0.15, -0.1) is 10.2 Å². The number of hydrogen-bond donors (Lipinski definition) is 2. The molecule has 2 aromatic rings. The van der Waals surface area contributed by atoms with Crippen molar-refractivity contribution in [1.29, 1.82) is 0 Å². The Hall–Kier alpha value is -2.38. The first-order valence-electron chi connectivity index (χ1n) is 6.52. The fourth-order valence-corrected chi connectivity index (χ4v) is 2.34. The van der Waals surface area contributed by atoms with Gasteiger partial charge in [0.2, 0.25) is 0 Å². The summed E-state index contributed by atoms with van der Waals surface area (Å²) in [6, 6.07) is 0.0118. The minimum absolute atomic E-state index is 0.122. The van der Waals surface area contributed by atoms with Crippen molar-refractivity contribution in [2.24, 2.45) is 0 Å². The van der Waals surface area contributed by atoms with Gasteiger partial charge in [0.25, 0.3) is 6.01 Å². The second kappa shape index (κ2) is 4.95. The monoisotopic (exact) mass is 277 g/mol. The topological polar surface area (TPSA) is 106 Å². The Morgan fingerprint density at radius 2 is 2.35 bits per heavy atom. The summed E-state index contributed by atoms with van der Waals surface area (Å²) in [4.78, 5) is 14.6. The second-order valence-corrected chi connectivity index (χ2v) is 4.79. The summed E-state index contributed by atoms with van der Waals surface area (Å²) in [6.07, 6.45) is 4.31. The van der Waals surface area contributed by atoms with Gasteiger partial charge in [-0.1, -0.05) is 0 Å². The lowest BCUT2D eigenvalue weighted by molar-refractivity contribution is 0.0690. The summed E-state index contributed by atoms with van der Waals surface area (Å²) < 4.78 is 7.18. The number of nitrogens with zero attached hydrogens (tertiary/aromatic N) is 4. The quantitative estimate of drug-likeness (QED) is 0.871. The van der Waals surface area contributed by atoms with Gasteiger partial charge in [0, 0.05) is 13.0 Å². The number of aromatic carboxylic acids is 1. The summed E-state index contributed by atoms with van der Waals surface area (Å²) in [5.41, 5.74) is -0.122. The first-order valence-corrected chi connectivity index (χ1v) is 6.52. The normalized spacial score (nSPS) is 15.7. The van der Waals surface area contributed by atoms with Gasteiger partial charge in [0.05, 0.1) is 6.04 Å². The van der Waals surface area contributed by atoms with Crippen LogP contribution in [0.4, 0.5) is 6.01 Å². The number of carboxylic acids is 1. The van der Waals surface area contributed by atoms with E-state index < -0.39 is 5.97 Å². The lowest BCUT2D eigenvalue weighted by Crippen LogP contribution is -2.18. The molecule has 3 rings (SSSR count). The number of anilines is 1. The summed E-state index contributed by atoms with van der Waals surface area (Å²) >= 11 is 0. The first kappa shape index (κ1) is 12.6. The van der Waals surface area contributed by atoms with Crippen LogP contribution in [-0.2, 0) is 13.0 Å². The van der Waals surface area contributed by atoms with Crippen LogP contribution in [0, 0.1) is 0 Å². The van der Waals surface area contributed by atoms with Crippen molar-refractivity contribution < 1.29 is 14.3 Å². The van der Waals surface area contributed by atoms with Crippen molar-refractivity contribution in [2.45, 2.75) is 38.8 Å². The molecule has 0 aliphatic carbocycles. The minimum atomic E-state index is -1.12. The van der Waals surface area contributed by atoms with Gasteiger partial charge in [-0.3, -0.25) is 0 Å². The van der Waals surface area contributed by atoms with Gasteiger partial charge in [-0.25, -0.2) is 4.79 Å². The average molecular weight is 277 g/mol. The van der Waals surface area contributed by atoms with Gasteiger partial charge < -0.3 is 19.4 Å². The molecule has 0 amide bonds. The molecule has 0 bridgehead atoms. The van der Waals surface area contributed by atoms with Crippen LogP contribution in [0.3, 0.4) is 0 Å². The Labute approximate surface area is 114 Å². The van der Waals surface area contributed by atoms with E-state index in [9.17, 15) is 4.79 Å². The number of carbonyl (C=O) groups is 1. The molecule has 20 heavy (non-hydrogen) atoms. The molecule has 2 N–H and O–H groups in total.